The van der Waals surface area contributed by atoms with Gasteiger partial charge in [0.25, 0.3) is 0 Å². The van der Waals surface area contributed by atoms with Gasteiger partial charge in [0.15, 0.2) is 5.82 Å². The van der Waals surface area contributed by atoms with Gasteiger partial charge < -0.3 is 15.9 Å². The summed E-state index contributed by atoms with van der Waals surface area (Å²) in [6.07, 6.45) is 2.19. The summed E-state index contributed by atoms with van der Waals surface area (Å²) in [5, 5.41) is 11.3. The van der Waals surface area contributed by atoms with Crippen molar-refractivity contribution in [2.75, 3.05) is 11.2 Å². The van der Waals surface area contributed by atoms with Gasteiger partial charge in [-0.2, -0.15) is 0 Å². The summed E-state index contributed by atoms with van der Waals surface area (Å²) in [6, 6.07) is 16.8. The van der Waals surface area contributed by atoms with Crippen LogP contribution in [0.3, 0.4) is 0 Å². The van der Waals surface area contributed by atoms with Crippen molar-refractivity contribution in [3.8, 4) is 11.5 Å². The van der Waals surface area contributed by atoms with Crippen molar-refractivity contribution in [2.24, 2.45) is 0 Å². The number of benzene rings is 2. The van der Waals surface area contributed by atoms with E-state index in [1.165, 1.54) is 16.4 Å². The van der Waals surface area contributed by atoms with Gasteiger partial charge in [0, 0.05) is 11.6 Å². The first-order chi connectivity index (χ1) is 13.6. The number of ether oxygens (including phenoxy) is 1. The first-order valence-corrected chi connectivity index (χ1v) is 9.99. The van der Waals surface area contributed by atoms with Crippen LogP contribution in [0.5, 0.6) is 11.5 Å². The lowest BCUT2D eigenvalue weighted by molar-refractivity contribution is -0.115. The molecule has 0 bridgehead atoms. The van der Waals surface area contributed by atoms with E-state index in [0.29, 0.717) is 22.5 Å². The van der Waals surface area contributed by atoms with Gasteiger partial charge in [-0.25, -0.2) is 4.68 Å². The molecule has 1 aliphatic rings. The molecule has 1 fully saturated rings. The van der Waals surface area contributed by atoms with Gasteiger partial charge in [-0.1, -0.05) is 30.0 Å². The molecule has 4 rings (SSSR count). The Bertz CT molecular complexity index is 954. The van der Waals surface area contributed by atoms with Gasteiger partial charge in [0.1, 0.15) is 11.5 Å². The summed E-state index contributed by atoms with van der Waals surface area (Å²) in [7, 11) is 0. The van der Waals surface area contributed by atoms with Crippen LogP contribution >= 0.6 is 11.8 Å². The van der Waals surface area contributed by atoms with E-state index in [4.69, 9.17) is 10.6 Å². The number of rotatable bonds is 7. The minimum Gasteiger partial charge on any atom is -0.457 e. The number of nitrogens with two attached hydrogens (primary N) is 1. The first-order valence-electron chi connectivity index (χ1n) is 9.11. The zero-order chi connectivity index (χ0) is 19.5. The highest BCUT2D eigenvalue weighted by Gasteiger charge is 2.30. The Hall–Kier alpha value is -3.00. The largest absolute Gasteiger partial charge is 0.457 e. The molecule has 0 radical (unpaired) electrons. The molecule has 2 aromatic carbocycles. The van der Waals surface area contributed by atoms with Gasteiger partial charge >= 0.3 is 0 Å². The van der Waals surface area contributed by atoms with Crippen molar-refractivity contribution in [2.45, 2.75) is 36.1 Å². The number of anilines is 1. The number of thioether (sulfide) groups is 1. The second kappa shape index (κ2) is 7.93. The maximum atomic E-state index is 12.5. The van der Waals surface area contributed by atoms with E-state index in [2.05, 4.69) is 15.5 Å². The summed E-state index contributed by atoms with van der Waals surface area (Å²) < 4.78 is 7.26. The number of carbonyl (C=O) groups is 1. The molecule has 8 heteroatoms. The molecule has 7 nitrogen and oxygen atoms in total. The van der Waals surface area contributed by atoms with E-state index in [9.17, 15) is 4.79 Å². The number of para-hydroxylation sites is 1. The third kappa shape index (κ3) is 4.28. The Labute approximate surface area is 167 Å². The fourth-order valence-corrected chi connectivity index (χ4v) is 3.45. The van der Waals surface area contributed by atoms with Crippen LogP contribution in [-0.2, 0) is 4.79 Å². The number of hydrogen-bond acceptors (Lipinski definition) is 6. The maximum Gasteiger partial charge on any atom is 0.237 e. The molecule has 3 N–H and O–H groups in total. The van der Waals surface area contributed by atoms with Crippen molar-refractivity contribution >= 4 is 23.4 Å². The van der Waals surface area contributed by atoms with Gasteiger partial charge in [-0.3, -0.25) is 4.79 Å². The predicted molar refractivity (Wildman–Crippen MR) is 109 cm³/mol. The van der Waals surface area contributed by atoms with Crippen LogP contribution in [0.2, 0.25) is 0 Å². The Morgan fingerprint density at radius 1 is 1.14 bits per heavy atom. The SMILES string of the molecule is C[C@H](Sc1nnc(C2CC2)n1N)C(=O)Nc1ccc(Oc2ccccc2)cc1. The average Bonchev–Trinajstić information content (AvgIpc) is 3.48. The quantitative estimate of drug-likeness (QED) is 0.467. The molecule has 0 saturated heterocycles. The zero-order valence-corrected chi connectivity index (χ0v) is 16.2. The molecule has 1 aromatic heterocycles. The molecule has 1 heterocycles. The van der Waals surface area contributed by atoms with Gasteiger partial charge in [-0.05, 0) is 56.2 Å². The molecule has 3 aromatic rings. The molecule has 0 spiro atoms. The van der Waals surface area contributed by atoms with Crippen molar-refractivity contribution in [1.82, 2.24) is 14.9 Å². The van der Waals surface area contributed by atoms with Crippen LogP contribution in [-0.4, -0.2) is 26.0 Å². The summed E-state index contributed by atoms with van der Waals surface area (Å²) in [5.41, 5.74) is 0.700. The lowest BCUT2D eigenvalue weighted by Crippen LogP contribution is -2.23. The summed E-state index contributed by atoms with van der Waals surface area (Å²) in [6.45, 7) is 1.82. The Morgan fingerprint density at radius 2 is 1.82 bits per heavy atom. The molecule has 1 atom stereocenters. The van der Waals surface area contributed by atoms with Crippen LogP contribution < -0.4 is 15.9 Å². The van der Waals surface area contributed by atoms with Crippen molar-refractivity contribution in [3.05, 3.63) is 60.4 Å². The highest BCUT2D eigenvalue weighted by molar-refractivity contribution is 8.00. The molecule has 144 valence electrons. The Kier molecular flexibility index (Phi) is 5.21. The minimum absolute atomic E-state index is 0.127. The van der Waals surface area contributed by atoms with Crippen molar-refractivity contribution < 1.29 is 9.53 Å². The fourth-order valence-electron chi connectivity index (χ4n) is 2.68. The number of nitrogens with zero attached hydrogens (tertiary/aromatic N) is 3. The topological polar surface area (TPSA) is 95.1 Å². The normalized spacial score (nSPS) is 14.5. The van der Waals surface area contributed by atoms with Gasteiger partial charge in [-0.15, -0.1) is 10.2 Å². The third-order valence-corrected chi connectivity index (χ3v) is 5.44. The number of amides is 1. The van der Waals surface area contributed by atoms with E-state index < -0.39 is 0 Å². The maximum absolute atomic E-state index is 12.5. The second-order valence-electron chi connectivity index (χ2n) is 6.67. The van der Waals surface area contributed by atoms with E-state index in [1.54, 1.807) is 0 Å². The zero-order valence-electron chi connectivity index (χ0n) is 15.4. The lowest BCUT2D eigenvalue weighted by Gasteiger charge is -2.12. The van der Waals surface area contributed by atoms with Crippen LogP contribution in [0.15, 0.2) is 59.8 Å². The van der Waals surface area contributed by atoms with Crippen LogP contribution in [0.1, 0.15) is 31.5 Å². The first kappa shape index (κ1) is 18.4. The molecule has 1 saturated carbocycles. The number of nitrogen functional groups attached to an aromatic ring is 1. The van der Waals surface area contributed by atoms with Gasteiger partial charge in [0.2, 0.25) is 11.1 Å². The standard InChI is InChI=1S/C20H21N5O2S/c1-13(28-20-24-23-18(25(20)21)14-7-8-14)19(26)22-15-9-11-17(12-10-15)27-16-5-3-2-4-6-16/h2-6,9-14H,7-8,21H2,1H3,(H,22,26)/t13-/m0/s1. The van der Waals surface area contributed by atoms with Crippen LogP contribution in [0.4, 0.5) is 5.69 Å². The summed E-state index contributed by atoms with van der Waals surface area (Å²) in [4.78, 5) is 12.5. The molecular weight excluding hydrogens is 374 g/mol. The molecule has 0 aliphatic heterocycles. The second-order valence-corrected chi connectivity index (χ2v) is 7.98. The minimum atomic E-state index is -0.362. The Balaban J connectivity index is 1.33. The van der Waals surface area contributed by atoms with Crippen LogP contribution in [0.25, 0.3) is 0 Å². The molecule has 1 amide bonds. The third-order valence-electron chi connectivity index (χ3n) is 4.39. The predicted octanol–water partition coefficient (Wildman–Crippen LogP) is 3.78. The lowest BCUT2D eigenvalue weighted by atomic mass is 10.3. The van der Waals surface area contributed by atoms with E-state index in [0.717, 1.165) is 24.4 Å². The monoisotopic (exact) mass is 395 g/mol. The van der Waals surface area contributed by atoms with Crippen molar-refractivity contribution in [1.29, 1.82) is 0 Å². The highest BCUT2D eigenvalue weighted by Crippen LogP contribution is 2.39. The summed E-state index contributed by atoms with van der Waals surface area (Å²) >= 11 is 1.30. The molecular formula is C20H21N5O2S. The average molecular weight is 395 g/mol. The fraction of sp³-hybridized carbons (Fsp3) is 0.250. The molecule has 28 heavy (non-hydrogen) atoms. The number of nitrogens with one attached hydrogen (secondary N) is 1. The number of hydrogen-bond donors (Lipinski definition) is 2. The van der Waals surface area contributed by atoms with E-state index >= 15 is 0 Å². The van der Waals surface area contributed by atoms with Gasteiger partial charge in [0.05, 0.1) is 5.25 Å². The molecule has 1 aliphatic carbocycles. The van der Waals surface area contributed by atoms with E-state index in [1.807, 2.05) is 61.5 Å². The summed E-state index contributed by atoms with van der Waals surface area (Å²) in [5.74, 6) is 8.60. The Morgan fingerprint density at radius 3 is 2.50 bits per heavy atom. The number of aromatic nitrogens is 3. The number of carbonyl (C=O) groups excluding carboxylic acids is 1. The van der Waals surface area contributed by atoms with E-state index in [-0.39, 0.29) is 11.2 Å². The highest BCUT2D eigenvalue weighted by atomic mass is 32.2. The molecule has 0 unspecified atom stereocenters. The smallest absolute Gasteiger partial charge is 0.237 e. The van der Waals surface area contributed by atoms with Crippen molar-refractivity contribution in [3.63, 3.8) is 0 Å². The van der Waals surface area contributed by atoms with Crippen LogP contribution in [0, 0.1) is 0 Å².